The number of piperidine rings is 1. The van der Waals surface area contributed by atoms with Crippen LogP contribution in [0.1, 0.15) is 36.4 Å². The van der Waals surface area contributed by atoms with Crippen molar-refractivity contribution in [2.45, 2.75) is 31.5 Å². The van der Waals surface area contributed by atoms with E-state index >= 15 is 0 Å². The summed E-state index contributed by atoms with van der Waals surface area (Å²) in [4.78, 5) is 39.3. The van der Waals surface area contributed by atoms with E-state index in [1.807, 2.05) is 0 Å². The number of aliphatic carboxylic acids is 1. The third-order valence-electron chi connectivity index (χ3n) is 5.61. The number of amides is 2. The van der Waals surface area contributed by atoms with Crippen molar-refractivity contribution < 1.29 is 32.7 Å². The molecule has 0 bridgehead atoms. The summed E-state index contributed by atoms with van der Waals surface area (Å²) in [5.41, 5.74) is -0.344. The van der Waals surface area contributed by atoms with Gasteiger partial charge in [-0.05, 0) is 30.5 Å². The summed E-state index contributed by atoms with van der Waals surface area (Å²) < 4.78 is 38.5. The zero-order chi connectivity index (χ0) is 20.6. The highest BCUT2D eigenvalue weighted by Gasteiger charge is 2.43. The van der Waals surface area contributed by atoms with Gasteiger partial charge in [0, 0.05) is 26.6 Å². The number of hydrogen-bond acceptors (Lipinski definition) is 3. The van der Waals surface area contributed by atoms with Crippen LogP contribution in [0.2, 0.25) is 0 Å². The standard InChI is InChI=1S/C19H21F3N2O4/c1-23-15(25)7-6-14(17(26)24-9-8-12(10-24)18(27)28)16(23)11-2-4-13(5-3-11)19(20,21)22/h2-5,12,14,16H,6-10H2,1H3,(H,27,28). The Morgan fingerprint density at radius 2 is 1.79 bits per heavy atom. The monoisotopic (exact) mass is 398 g/mol. The van der Waals surface area contributed by atoms with Gasteiger partial charge in [-0.25, -0.2) is 0 Å². The van der Waals surface area contributed by atoms with Crippen molar-refractivity contribution in [2.24, 2.45) is 11.8 Å². The Morgan fingerprint density at radius 3 is 2.32 bits per heavy atom. The van der Waals surface area contributed by atoms with Gasteiger partial charge in [0.05, 0.1) is 23.4 Å². The highest BCUT2D eigenvalue weighted by atomic mass is 19.4. The fourth-order valence-corrected chi connectivity index (χ4v) is 4.02. The van der Waals surface area contributed by atoms with Crippen LogP contribution < -0.4 is 0 Å². The Kier molecular flexibility index (Phi) is 5.36. The number of likely N-dealkylation sites (tertiary alicyclic amines) is 2. The van der Waals surface area contributed by atoms with E-state index in [1.54, 1.807) is 0 Å². The highest BCUT2D eigenvalue weighted by molar-refractivity contribution is 5.85. The number of rotatable bonds is 3. The number of carboxylic acids is 1. The molecule has 152 valence electrons. The van der Waals surface area contributed by atoms with Crippen molar-refractivity contribution in [1.82, 2.24) is 9.80 Å². The van der Waals surface area contributed by atoms with Crippen molar-refractivity contribution >= 4 is 17.8 Å². The summed E-state index contributed by atoms with van der Waals surface area (Å²) in [6.07, 6.45) is -3.65. The molecule has 6 nitrogen and oxygen atoms in total. The summed E-state index contributed by atoms with van der Waals surface area (Å²) in [6, 6.07) is 3.81. The summed E-state index contributed by atoms with van der Waals surface area (Å²) in [5.74, 6) is -2.62. The van der Waals surface area contributed by atoms with E-state index in [2.05, 4.69) is 0 Å². The predicted molar refractivity (Wildman–Crippen MR) is 92.0 cm³/mol. The van der Waals surface area contributed by atoms with Crippen LogP contribution in [0.25, 0.3) is 0 Å². The van der Waals surface area contributed by atoms with Crippen molar-refractivity contribution in [3.63, 3.8) is 0 Å². The van der Waals surface area contributed by atoms with Crippen LogP contribution >= 0.6 is 0 Å². The molecule has 2 aliphatic rings. The molecule has 0 saturated carbocycles. The molecule has 1 N–H and O–H groups in total. The van der Waals surface area contributed by atoms with Crippen LogP contribution in [-0.4, -0.2) is 52.8 Å². The van der Waals surface area contributed by atoms with E-state index in [0.29, 0.717) is 18.5 Å². The fourth-order valence-electron chi connectivity index (χ4n) is 4.02. The molecular weight excluding hydrogens is 377 g/mol. The highest BCUT2D eigenvalue weighted by Crippen LogP contribution is 2.39. The Bertz CT molecular complexity index is 778. The zero-order valence-corrected chi connectivity index (χ0v) is 15.3. The molecule has 2 saturated heterocycles. The van der Waals surface area contributed by atoms with Crippen LogP contribution in [-0.2, 0) is 20.6 Å². The Hall–Kier alpha value is -2.58. The number of carbonyl (C=O) groups excluding carboxylic acids is 2. The smallest absolute Gasteiger partial charge is 0.416 e. The average molecular weight is 398 g/mol. The molecule has 0 spiro atoms. The van der Waals surface area contributed by atoms with Gasteiger partial charge in [-0.2, -0.15) is 13.2 Å². The third-order valence-corrected chi connectivity index (χ3v) is 5.61. The number of hydrogen-bond donors (Lipinski definition) is 1. The molecular formula is C19H21F3N2O4. The molecule has 3 rings (SSSR count). The van der Waals surface area contributed by atoms with Gasteiger partial charge in [-0.1, -0.05) is 12.1 Å². The molecule has 2 aliphatic heterocycles. The SMILES string of the molecule is CN1C(=O)CCC(C(=O)N2CCC(C(=O)O)C2)C1c1ccc(C(F)(F)F)cc1. The minimum Gasteiger partial charge on any atom is -0.481 e. The average Bonchev–Trinajstić information content (AvgIpc) is 3.13. The number of alkyl halides is 3. The van der Waals surface area contributed by atoms with Crippen LogP contribution in [0.3, 0.4) is 0 Å². The topological polar surface area (TPSA) is 77.9 Å². The van der Waals surface area contributed by atoms with Crippen molar-refractivity contribution in [3.05, 3.63) is 35.4 Å². The largest absolute Gasteiger partial charge is 0.481 e. The van der Waals surface area contributed by atoms with Gasteiger partial charge < -0.3 is 14.9 Å². The number of benzene rings is 1. The van der Waals surface area contributed by atoms with Crippen LogP contribution in [0.15, 0.2) is 24.3 Å². The zero-order valence-electron chi connectivity index (χ0n) is 15.3. The Labute approximate surface area is 159 Å². The summed E-state index contributed by atoms with van der Waals surface area (Å²) in [6.45, 7) is 0.436. The first-order chi connectivity index (χ1) is 13.1. The molecule has 28 heavy (non-hydrogen) atoms. The lowest BCUT2D eigenvalue weighted by Crippen LogP contribution is -2.47. The van der Waals surface area contributed by atoms with Gasteiger partial charge in [-0.15, -0.1) is 0 Å². The predicted octanol–water partition coefficient (Wildman–Crippen LogP) is 2.55. The van der Waals surface area contributed by atoms with Crippen LogP contribution in [0.5, 0.6) is 0 Å². The minimum atomic E-state index is -4.47. The second kappa shape index (κ2) is 7.44. The summed E-state index contributed by atoms with van der Waals surface area (Å²) in [5, 5.41) is 9.14. The summed E-state index contributed by atoms with van der Waals surface area (Å²) in [7, 11) is 1.54. The van der Waals surface area contributed by atoms with Crippen molar-refractivity contribution in [2.75, 3.05) is 20.1 Å². The molecule has 1 aromatic rings. The molecule has 0 aliphatic carbocycles. The maximum atomic E-state index is 13.0. The lowest BCUT2D eigenvalue weighted by atomic mass is 9.83. The molecule has 3 atom stereocenters. The lowest BCUT2D eigenvalue weighted by Gasteiger charge is -2.40. The Morgan fingerprint density at radius 1 is 1.14 bits per heavy atom. The first-order valence-electron chi connectivity index (χ1n) is 9.04. The second-order valence-electron chi connectivity index (χ2n) is 7.32. The van der Waals surface area contributed by atoms with E-state index in [1.165, 1.54) is 29.0 Å². The number of carbonyl (C=O) groups is 3. The fraction of sp³-hybridized carbons (Fsp3) is 0.526. The molecule has 2 heterocycles. The van der Waals surface area contributed by atoms with E-state index in [9.17, 15) is 27.6 Å². The maximum Gasteiger partial charge on any atom is 0.416 e. The molecule has 1 aromatic carbocycles. The van der Waals surface area contributed by atoms with E-state index in [-0.39, 0.29) is 31.2 Å². The normalized spacial score (nSPS) is 25.9. The Balaban J connectivity index is 1.86. The molecule has 0 aromatic heterocycles. The molecule has 0 radical (unpaired) electrons. The van der Waals surface area contributed by atoms with E-state index in [4.69, 9.17) is 5.11 Å². The quantitative estimate of drug-likeness (QED) is 0.849. The van der Waals surface area contributed by atoms with E-state index < -0.39 is 35.6 Å². The van der Waals surface area contributed by atoms with Crippen molar-refractivity contribution in [1.29, 1.82) is 0 Å². The molecule has 2 amide bonds. The van der Waals surface area contributed by atoms with Gasteiger partial charge in [0.1, 0.15) is 0 Å². The lowest BCUT2D eigenvalue weighted by molar-refractivity contribution is -0.146. The van der Waals surface area contributed by atoms with Gasteiger partial charge in [0.2, 0.25) is 11.8 Å². The van der Waals surface area contributed by atoms with E-state index in [0.717, 1.165) is 12.1 Å². The minimum absolute atomic E-state index is 0.113. The maximum absolute atomic E-state index is 13.0. The van der Waals surface area contributed by atoms with Gasteiger partial charge in [0.15, 0.2) is 0 Å². The molecule has 3 unspecified atom stereocenters. The number of nitrogens with zero attached hydrogens (tertiary/aromatic N) is 2. The first-order valence-corrected chi connectivity index (χ1v) is 9.04. The van der Waals surface area contributed by atoms with Gasteiger partial charge in [-0.3, -0.25) is 14.4 Å². The number of halogens is 3. The number of carboxylic acid groups (broad SMARTS) is 1. The first kappa shape index (κ1) is 20.2. The second-order valence-corrected chi connectivity index (χ2v) is 7.32. The van der Waals surface area contributed by atoms with Crippen molar-refractivity contribution in [3.8, 4) is 0 Å². The van der Waals surface area contributed by atoms with Crippen LogP contribution in [0, 0.1) is 11.8 Å². The van der Waals surface area contributed by atoms with Gasteiger partial charge in [0.25, 0.3) is 0 Å². The van der Waals surface area contributed by atoms with Gasteiger partial charge >= 0.3 is 12.1 Å². The van der Waals surface area contributed by atoms with Crippen LogP contribution in [0.4, 0.5) is 13.2 Å². The third kappa shape index (κ3) is 3.83. The molecule has 2 fully saturated rings. The summed E-state index contributed by atoms with van der Waals surface area (Å²) >= 11 is 0. The molecule has 9 heteroatoms.